The molecule has 1 saturated carbocycles. The first kappa shape index (κ1) is 13.6. The van der Waals surface area contributed by atoms with Crippen LogP contribution in [0.4, 0.5) is 0 Å². The smallest absolute Gasteiger partial charge is 0.0946 e. The van der Waals surface area contributed by atoms with Crippen molar-refractivity contribution in [3.63, 3.8) is 0 Å². The molecular formula is C15H26N2O. The Bertz CT molecular complexity index is 353. The van der Waals surface area contributed by atoms with Crippen LogP contribution in [0.25, 0.3) is 0 Å². The number of hydrogen-bond acceptors (Lipinski definition) is 2. The Hall–Kier alpha value is -0.830. The monoisotopic (exact) mass is 250 g/mol. The molecule has 0 spiro atoms. The summed E-state index contributed by atoms with van der Waals surface area (Å²) in [5.74, 6) is 1.06. The molecule has 0 radical (unpaired) electrons. The van der Waals surface area contributed by atoms with Gasteiger partial charge < -0.3 is 9.67 Å². The zero-order valence-corrected chi connectivity index (χ0v) is 11.8. The summed E-state index contributed by atoms with van der Waals surface area (Å²) in [5.41, 5.74) is 0.293. The molecule has 18 heavy (non-hydrogen) atoms. The van der Waals surface area contributed by atoms with Crippen molar-refractivity contribution in [2.45, 2.75) is 59.1 Å². The van der Waals surface area contributed by atoms with Gasteiger partial charge in [-0.2, -0.15) is 0 Å². The lowest BCUT2D eigenvalue weighted by Gasteiger charge is -2.42. The average Bonchev–Trinajstić information content (AvgIpc) is 2.80. The van der Waals surface area contributed by atoms with Crippen LogP contribution in [0.15, 0.2) is 18.7 Å². The zero-order chi connectivity index (χ0) is 13.2. The molecule has 1 N–H and O–H groups in total. The molecule has 1 aliphatic rings. The summed E-state index contributed by atoms with van der Waals surface area (Å²) in [6, 6.07) is 0. The highest BCUT2D eigenvalue weighted by Gasteiger charge is 2.37. The van der Waals surface area contributed by atoms with Crippen LogP contribution in [0.5, 0.6) is 0 Å². The van der Waals surface area contributed by atoms with Crippen molar-refractivity contribution in [1.29, 1.82) is 0 Å². The van der Waals surface area contributed by atoms with Crippen LogP contribution in [0.1, 0.15) is 46.5 Å². The van der Waals surface area contributed by atoms with E-state index in [0.29, 0.717) is 23.8 Å². The second-order valence-electron chi connectivity index (χ2n) is 6.75. The molecule has 3 nitrogen and oxygen atoms in total. The van der Waals surface area contributed by atoms with Crippen molar-refractivity contribution in [2.24, 2.45) is 17.3 Å². The topological polar surface area (TPSA) is 38.0 Å². The minimum Gasteiger partial charge on any atom is -0.391 e. The molecule has 3 heteroatoms. The highest BCUT2D eigenvalue weighted by molar-refractivity contribution is 4.88. The zero-order valence-electron chi connectivity index (χ0n) is 11.8. The maximum Gasteiger partial charge on any atom is 0.0946 e. The van der Waals surface area contributed by atoms with Gasteiger partial charge in [0.15, 0.2) is 0 Å². The molecular weight excluding hydrogens is 224 g/mol. The van der Waals surface area contributed by atoms with E-state index in [1.165, 1.54) is 19.3 Å². The minimum atomic E-state index is -0.247. The summed E-state index contributed by atoms with van der Waals surface area (Å²) >= 11 is 0. The Morgan fingerprint density at radius 3 is 2.67 bits per heavy atom. The van der Waals surface area contributed by atoms with E-state index in [-0.39, 0.29) is 6.10 Å². The van der Waals surface area contributed by atoms with Crippen LogP contribution < -0.4 is 0 Å². The molecule has 1 heterocycles. The molecule has 0 amide bonds. The van der Waals surface area contributed by atoms with Crippen LogP contribution >= 0.6 is 0 Å². The fourth-order valence-electron chi connectivity index (χ4n) is 3.44. The largest absolute Gasteiger partial charge is 0.391 e. The molecule has 0 aromatic carbocycles. The van der Waals surface area contributed by atoms with Gasteiger partial charge in [0, 0.05) is 18.9 Å². The minimum absolute atomic E-state index is 0.247. The Morgan fingerprint density at radius 2 is 2.06 bits per heavy atom. The third-order valence-electron chi connectivity index (χ3n) is 4.38. The summed E-state index contributed by atoms with van der Waals surface area (Å²) in [7, 11) is 0. The van der Waals surface area contributed by atoms with Gasteiger partial charge in [-0.25, -0.2) is 4.98 Å². The van der Waals surface area contributed by atoms with E-state index in [4.69, 9.17) is 0 Å². The summed E-state index contributed by atoms with van der Waals surface area (Å²) < 4.78 is 1.99. The first-order valence-corrected chi connectivity index (χ1v) is 7.12. The van der Waals surface area contributed by atoms with E-state index in [2.05, 4.69) is 25.8 Å². The van der Waals surface area contributed by atoms with Gasteiger partial charge in [0.25, 0.3) is 0 Å². The van der Waals surface area contributed by atoms with Gasteiger partial charge >= 0.3 is 0 Å². The summed E-state index contributed by atoms with van der Waals surface area (Å²) in [5, 5.41) is 10.5. The molecule has 3 atom stereocenters. The van der Waals surface area contributed by atoms with E-state index in [1.807, 2.05) is 10.8 Å². The average molecular weight is 250 g/mol. The van der Waals surface area contributed by atoms with Crippen molar-refractivity contribution >= 4 is 0 Å². The number of aliphatic hydroxyl groups excluding tert-OH is 1. The number of aromatic nitrogens is 2. The van der Waals surface area contributed by atoms with E-state index >= 15 is 0 Å². The molecule has 0 saturated heterocycles. The van der Waals surface area contributed by atoms with Crippen molar-refractivity contribution < 1.29 is 5.11 Å². The highest BCUT2D eigenvalue weighted by Crippen LogP contribution is 2.43. The molecule has 0 aliphatic heterocycles. The second kappa shape index (κ2) is 5.43. The normalized spacial score (nSPS) is 27.1. The SMILES string of the molecule is CC(C)(C)C1CCCCC1C(O)Cn1ccnc1. The van der Waals surface area contributed by atoms with E-state index in [1.54, 1.807) is 12.5 Å². The standard InChI is InChI=1S/C15H26N2O/c1-15(2,3)13-7-5-4-6-12(13)14(18)10-17-9-8-16-11-17/h8-9,11-14,18H,4-7,10H2,1-3H3. The fourth-order valence-corrected chi connectivity index (χ4v) is 3.44. The van der Waals surface area contributed by atoms with Crippen LogP contribution in [-0.2, 0) is 6.54 Å². The lowest BCUT2D eigenvalue weighted by Crippen LogP contribution is -2.39. The first-order valence-electron chi connectivity index (χ1n) is 7.12. The molecule has 0 bridgehead atoms. The second-order valence-corrected chi connectivity index (χ2v) is 6.75. The van der Waals surface area contributed by atoms with Crippen LogP contribution in [-0.4, -0.2) is 20.8 Å². The predicted molar refractivity (Wildman–Crippen MR) is 73.1 cm³/mol. The Morgan fingerprint density at radius 1 is 1.33 bits per heavy atom. The Balaban J connectivity index is 2.04. The lowest BCUT2D eigenvalue weighted by atomic mass is 9.65. The summed E-state index contributed by atoms with van der Waals surface area (Å²) in [6.07, 6.45) is 10.2. The summed E-state index contributed by atoms with van der Waals surface area (Å²) in [4.78, 5) is 4.04. The molecule has 1 fully saturated rings. The van der Waals surface area contributed by atoms with Crippen LogP contribution in [0.3, 0.4) is 0 Å². The van der Waals surface area contributed by atoms with Gasteiger partial charge in [0.1, 0.15) is 0 Å². The highest BCUT2D eigenvalue weighted by atomic mass is 16.3. The number of hydrogen-bond donors (Lipinski definition) is 1. The fraction of sp³-hybridized carbons (Fsp3) is 0.800. The van der Waals surface area contributed by atoms with Crippen molar-refractivity contribution in [3.8, 4) is 0 Å². The first-order chi connectivity index (χ1) is 8.48. The van der Waals surface area contributed by atoms with Crippen LogP contribution in [0.2, 0.25) is 0 Å². The van der Waals surface area contributed by atoms with Crippen LogP contribution in [0, 0.1) is 17.3 Å². The van der Waals surface area contributed by atoms with E-state index < -0.39 is 0 Å². The van der Waals surface area contributed by atoms with Crippen molar-refractivity contribution in [3.05, 3.63) is 18.7 Å². The number of rotatable bonds is 3. The molecule has 1 aliphatic carbocycles. The third kappa shape index (κ3) is 3.14. The van der Waals surface area contributed by atoms with Gasteiger partial charge in [-0.3, -0.25) is 0 Å². The van der Waals surface area contributed by atoms with Gasteiger partial charge in [-0.05, 0) is 30.1 Å². The van der Waals surface area contributed by atoms with Gasteiger partial charge in [0.2, 0.25) is 0 Å². The quantitative estimate of drug-likeness (QED) is 0.895. The predicted octanol–water partition coefficient (Wildman–Crippen LogP) is 3.10. The maximum absolute atomic E-state index is 10.5. The van der Waals surface area contributed by atoms with Gasteiger partial charge in [0.05, 0.1) is 12.4 Å². The van der Waals surface area contributed by atoms with E-state index in [0.717, 1.165) is 6.42 Å². The summed E-state index contributed by atoms with van der Waals surface area (Å²) in [6.45, 7) is 7.59. The molecule has 102 valence electrons. The lowest BCUT2D eigenvalue weighted by molar-refractivity contribution is -0.00524. The van der Waals surface area contributed by atoms with Gasteiger partial charge in [-0.15, -0.1) is 0 Å². The number of imidazole rings is 1. The Labute approximate surface area is 110 Å². The maximum atomic E-state index is 10.5. The third-order valence-corrected chi connectivity index (χ3v) is 4.38. The van der Waals surface area contributed by atoms with Crippen molar-refractivity contribution in [1.82, 2.24) is 9.55 Å². The molecule has 2 rings (SSSR count). The Kier molecular flexibility index (Phi) is 4.10. The van der Waals surface area contributed by atoms with Crippen molar-refractivity contribution in [2.75, 3.05) is 0 Å². The number of nitrogens with zero attached hydrogens (tertiary/aromatic N) is 2. The molecule has 1 aromatic rings. The number of aliphatic hydroxyl groups is 1. The molecule has 1 aromatic heterocycles. The molecule has 3 unspecified atom stereocenters. The van der Waals surface area contributed by atoms with Gasteiger partial charge in [-0.1, -0.05) is 33.6 Å². The van der Waals surface area contributed by atoms with E-state index in [9.17, 15) is 5.11 Å².